The first-order chi connectivity index (χ1) is 17.4. The second kappa shape index (κ2) is 9.75. The van der Waals surface area contributed by atoms with Crippen molar-refractivity contribution >= 4 is 39.1 Å². The Morgan fingerprint density at radius 3 is 2.39 bits per heavy atom. The molecule has 0 aliphatic heterocycles. The molecule has 0 fully saturated rings. The van der Waals surface area contributed by atoms with Gasteiger partial charge in [0, 0.05) is 22.2 Å². The first-order valence-electron chi connectivity index (χ1n) is 11.5. The van der Waals surface area contributed by atoms with Crippen LogP contribution < -0.4 is 5.32 Å². The van der Waals surface area contributed by atoms with E-state index in [-0.39, 0.29) is 0 Å². The first-order valence-corrected chi connectivity index (χ1v) is 12.4. The highest BCUT2D eigenvalue weighted by Crippen LogP contribution is 2.28. The van der Waals surface area contributed by atoms with Gasteiger partial charge in [0.25, 0.3) is 5.91 Å². The minimum absolute atomic E-state index is 0.353. The Hall–Kier alpha value is -4.30. The lowest BCUT2D eigenvalue weighted by atomic mass is 10.1. The fourth-order valence-electron chi connectivity index (χ4n) is 3.75. The van der Waals surface area contributed by atoms with Crippen LogP contribution in [-0.4, -0.2) is 32.9 Å². The van der Waals surface area contributed by atoms with Crippen molar-refractivity contribution in [2.45, 2.75) is 26.9 Å². The number of aryl methyl sites for hydroxylation is 2. The van der Waals surface area contributed by atoms with Crippen LogP contribution in [-0.2, 0) is 9.53 Å². The van der Waals surface area contributed by atoms with Crippen molar-refractivity contribution in [1.29, 1.82) is 0 Å². The molecule has 36 heavy (non-hydrogen) atoms. The average molecular weight is 497 g/mol. The molecular weight excluding hydrogens is 472 g/mol. The average Bonchev–Trinajstić information content (AvgIpc) is 3.49. The maximum absolute atomic E-state index is 12.6. The molecule has 2 aromatic heterocycles. The molecule has 0 bridgehead atoms. The van der Waals surface area contributed by atoms with E-state index in [0.717, 1.165) is 44.8 Å². The van der Waals surface area contributed by atoms with E-state index < -0.39 is 18.0 Å². The van der Waals surface area contributed by atoms with E-state index >= 15 is 0 Å². The molecule has 0 saturated heterocycles. The fraction of sp³-hybridized carbons (Fsp3) is 0.143. The van der Waals surface area contributed by atoms with E-state index in [1.165, 1.54) is 18.3 Å². The summed E-state index contributed by atoms with van der Waals surface area (Å²) in [5.74, 6) is -0.280. The monoisotopic (exact) mass is 496 g/mol. The van der Waals surface area contributed by atoms with Crippen LogP contribution in [0.4, 0.5) is 5.13 Å². The lowest BCUT2D eigenvalue weighted by Crippen LogP contribution is -2.29. The van der Waals surface area contributed by atoms with Gasteiger partial charge in [-0.25, -0.2) is 14.8 Å². The number of amides is 1. The second-order valence-corrected chi connectivity index (χ2v) is 9.37. The van der Waals surface area contributed by atoms with Gasteiger partial charge in [0.15, 0.2) is 11.2 Å². The van der Waals surface area contributed by atoms with Gasteiger partial charge in [-0.05, 0) is 49.7 Å². The standard InChI is InChI=1S/C28H24N4O3S/c1-16-17(2)30-25(29-16)20-9-11-21(12-10-20)27(34)35-18(3)26(33)32-28-31-24(15-36-28)23-13-8-19-6-4-5-7-22(19)14-23/h4-15,18H,1-3H3,(H,29,30)(H,31,32,33). The summed E-state index contributed by atoms with van der Waals surface area (Å²) in [5, 5.41) is 7.35. The molecule has 1 amide bonds. The van der Waals surface area contributed by atoms with Crippen LogP contribution >= 0.6 is 11.3 Å². The van der Waals surface area contributed by atoms with E-state index in [0.29, 0.717) is 10.7 Å². The normalized spacial score (nSPS) is 11.9. The number of anilines is 1. The fourth-order valence-corrected chi connectivity index (χ4v) is 4.47. The number of rotatable bonds is 6. The number of H-pyrrole nitrogens is 1. The van der Waals surface area contributed by atoms with Crippen molar-refractivity contribution < 1.29 is 14.3 Å². The van der Waals surface area contributed by atoms with Crippen molar-refractivity contribution in [3.63, 3.8) is 0 Å². The molecule has 2 N–H and O–H groups in total. The molecule has 0 spiro atoms. The van der Waals surface area contributed by atoms with Crippen molar-refractivity contribution in [3.05, 3.63) is 89.1 Å². The number of esters is 1. The van der Waals surface area contributed by atoms with Crippen LogP contribution in [0, 0.1) is 13.8 Å². The Morgan fingerprint density at radius 2 is 1.67 bits per heavy atom. The van der Waals surface area contributed by atoms with E-state index in [1.807, 2.05) is 43.5 Å². The SMILES string of the molecule is Cc1nc(-c2ccc(C(=O)OC(C)C(=O)Nc3nc(-c4ccc5ccccc5c4)cs3)cc2)[nH]c1C. The van der Waals surface area contributed by atoms with Crippen LogP contribution in [0.2, 0.25) is 0 Å². The summed E-state index contributed by atoms with van der Waals surface area (Å²) in [4.78, 5) is 37.4. The van der Waals surface area contributed by atoms with Gasteiger partial charge in [-0.15, -0.1) is 11.3 Å². The molecule has 0 radical (unpaired) electrons. The number of aromatic nitrogens is 3. The third kappa shape index (κ3) is 4.89. The van der Waals surface area contributed by atoms with Crippen LogP contribution in [0.15, 0.2) is 72.1 Å². The van der Waals surface area contributed by atoms with Crippen LogP contribution in [0.3, 0.4) is 0 Å². The molecule has 1 unspecified atom stereocenters. The zero-order valence-electron chi connectivity index (χ0n) is 20.0. The highest BCUT2D eigenvalue weighted by molar-refractivity contribution is 7.14. The number of benzene rings is 3. The van der Waals surface area contributed by atoms with Crippen LogP contribution in [0.5, 0.6) is 0 Å². The minimum atomic E-state index is -0.986. The summed E-state index contributed by atoms with van der Waals surface area (Å²) >= 11 is 1.32. The van der Waals surface area contributed by atoms with Crippen molar-refractivity contribution in [2.24, 2.45) is 0 Å². The van der Waals surface area contributed by atoms with Gasteiger partial charge < -0.3 is 9.72 Å². The Kier molecular flexibility index (Phi) is 6.35. The molecule has 0 aliphatic carbocycles. The Balaban J connectivity index is 1.21. The molecule has 5 aromatic rings. The number of carbonyl (C=O) groups excluding carboxylic acids is 2. The number of aromatic amines is 1. The number of thiazole rings is 1. The predicted octanol–water partition coefficient (Wildman–Crippen LogP) is 6.15. The predicted molar refractivity (Wildman–Crippen MR) is 142 cm³/mol. The maximum Gasteiger partial charge on any atom is 0.338 e. The molecule has 3 aromatic carbocycles. The molecule has 0 saturated carbocycles. The smallest absolute Gasteiger partial charge is 0.338 e. The number of nitrogens with zero attached hydrogens (tertiary/aromatic N) is 2. The summed E-state index contributed by atoms with van der Waals surface area (Å²) in [6.07, 6.45) is -0.986. The van der Waals surface area contributed by atoms with Crippen molar-refractivity contribution in [3.8, 4) is 22.6 Å². The van der Waals surface area contributed by atoms with E-state index in [1.54, 1.807) is 24.3 Å². The highest BCUT2D eigenvalue weighted by Gasteiger charge is 2.20. The van der Waals surface area contributed by atoms with Gasteiger partial charge in [0.2, 0.25) is 0 Å². The Morgan fingerprint density at radius 1 is 0.944 bits per heavy atom. The van der Waals surface area contributed by atoms with E-state index in [4.69, 9.17) is 4.74 Å². The first kappa shape index (κ1) is 23.4. The quantitative estimate of drug-likeness (QED) is 0.275. The van der Waals surface area contributed by atoms with Crippen molar-refractivity contribution in [1.82, 2.24) is 15.0 Å². The summed E-state index contributed by atoms with van der Waals surface area (Å²) < 4.78 is 5.38. The number of imidazole rings is 1. The minimum Gasteiger partial charge on any atom is -0.449 e. The number of ether oxygens (including phenoxy) is 1. The molecule has 1 atom stereocenters. The van der Waals surface area contributed by atoms with Gasteiger partial charge in [0.1, 0.15) is 5.82 Å². The molecule has 8 heteroatoms. The van der Waals surface area contributed by atoms with Gasteiger partial charge in [0.05, 0.1) is 17.0 Å². The third-order valence-corrected chi connectivity index (χ3v) is 6.71. The number of hydrogen-bond donors (Lipinski definition) is 2. The molecular formula is C28H24N4O3S. The van der Waals surface area contributed by atoms with E-state index in [9.17, 15) is 9.59 Å². The van der Waals surface area contributed by atoms with Gasteiger partial charge in [-0.3, -0.25) is 10.1 Å². The Bertz CT molecular complexity index is 1550. The summed E-state index contributed by atoms with van der Waals surface area (Å²) in [6, 6.07) is 21.1. The number of carbonyl (C=O) groups is 2. The second-order valence-electron chi connectivity index (χ2n) is 8.51. The number of hydrogen-bond acceptors (Lipinski definition) is 6. The molecule has 0 aliphatic rings. The lowest BCUT2D eigenvalue weighted by Gasteiger charge is -2.12. The maximum atomic E-state index is 12.6. The van der Waals surface area contributed by atoms with Gasteiger partial charge in [-0.2, -0.15) is 0 Å². The third-order valence-electron chi connectivity index (χ3n) is 5.95. The molecule has 2 heterocycles. The summed E-state index contributed by atoms with van der Waals surface area (Å²) in [6.45, 7) is 5.43. The van der Waals surface area contributed by atoms with Crippen LogP contribution in [0.25, 0.3) is 33.4 Å². The van der Waals surface area contributed by atoms with Crippen LogP contribution in [0.1, 0.15) is 28.7 Å². The molecule has 7 nitrogen and oxygen atoms in total. The zero-order valence-corrected chi connectivity index (χ0v) is 20.8. The lowest BCUT2D eigenvalue weighted by molar-refractivity contribution is -0.123. The Labute approximate surface area is 212 Å². The highest BCUT2D eigenvalue weighted by atomic mass is 32.1. The molecule has 5 rings (SSSR count). The van der Waals surface area contributed by atoms with Crippen molar-refractivity contribution in [2.75, 3.05) is 5.32 Å². The van der Waals surface area contributed by atoms with Gasteiger partial charge >= 0.3 is 5.97 Å². The summed E-state index contributed by atoms with van der Waals surface area (Å²) in [5.41, 5.74) is 4.88. The van der Waals surface area contributed by atoms with Gasteiger partial charge in [-0.1, -0.05) is 48.5 Å². The topological polar surface area (TPSA) is 97.0 Å². The zero-order chi connectivity index (χ0) is 25.2. The molecule has 180 valence electrons. The largest absolute Gasteiger partial charge is 0.449 e. The number of fused-ring (bicyclic) bond motifs is 1. The number of nitrogens with one attached hydrogen (secondary N) is 2. The van der Waals surface area contributed by atoms with E-state index in [2.05, 4.69) is 38.5 Å². The summed E-state index contributed by atoms with van der Waals surface area (Å²) in [7, 11) is 0.